The van der Waals surface area contributed by atoms with E-state index in [1.807, 2.05) is 19.2 Å². The Morgan fingerprint density at radius 2 is 1.79 bits per heavy atom. The molecule has 3 rings (SSSR count). The standard InChI is InChI=1S/C21H21N3O3S/c1-13-19(22-14(2)25)8-5-9-20(13)24-21(26)16-6-4-7-18(10-16)27-11-17-12-28-15(3)23-17/h4-10,12H,11H2,1-3H3,(H,22,25)(H,24,26). The van der Waals surface area contributed by atoms with Crippen LogP contribution in [0.5, 0.6) is 5.75 Å². The van der Waals surface area contributed by atoms with Crippen LogP contribution in [0.25, 0.3) is 0 Å². The van der Waals surface area contributed by atoms with Crippen molar-refractivity contribution in [2.75, 3.05) is 10.6 Å². The largest absolute Gasteiger partial charge is 0.487 e. The molecular formula is C21H21N3O3S. The number of nitrogens with one attached hydrogen (secondary N) is 2. The zero-order valence-electron chi connectivity index (χ0n) is 15.9. The maximum atomic E-state index is 12.7. The third kappa shape index (κ3) is 4.95. The summed E-state index contributed by atoms with van der Waals surface area (Å²) in [4.78, 5) is 28.3. The van der Waals surface area contributed by atoms with E-state index >= 15 is 0 Å². The van der Waals surface area contributed by atoms with Gasteiger partial charge in [-0.25, -0.2) is 4.98 Å². The third-order valence-corrected chi connectivity index (χ3v) is 4.86. The molecule has 0 fully saturated rings. The Morgan fingerprint density at radius 1 is 1.07 bits per heavy atom. The summed E-state index contributed by atoms with van der Waals surface area (Å²) >= 11 is 1.57. The van der Waals surface area contributed by atoms with Gasteiger partial charge < -0.3 is 15.4 Å². The number of nitrogens with zero attached hydrogens (tertiary/aromatic N) is 1. The second-order valence-corrected chi connectivity index (χ2v) is 7.35. The molecule has 0 saturated carbocycles. The molecule has 2 aromatic carbocycles. The number of amides is 2. The fourth-order valence-corrected chi connectivity index (χ4v) is 3.25. The van der Waals surface area contributed by atoms with Crippen LogP contribution < -0.4 is 15.4 Å². The predicted octanol–water partition coefficient (Wildman–Crippen LogP) is 4.55. The van der Waals surface area contributed by atoms with Crippen LogP contribution in [0.4, 0.5) is 11.4 Å². The molecule has 0 saturated heterocycles. The van der Waals surface area contributed by atoms with Crippen LogP contribution in [0.3, 0.4) is 0 Å². The van der Waals surface area contributed by atoms with E-state index < -0.39 is 0 Å². The van der Waals surface area contributed by atoms with E-state index in [1.165, 1.54) is 6.92 Å². The summed E-state index contributed by atoms with van der Waals surface area (Å²) in [6.45, 7) is 5.59. The monoisotopic (exact) mass is 395 g/mol. The van der Waals surface area contributed by atoms with Gasteiger partial charge in [0.05, 0.1) is 10.7 Å². The summed E-state index contributed by atoms with van der Waals surface area (Å²) < 4.78 is 5.75. The van der Waals surface area contributed by atoms with Crippen LogP contribution in [-0.2, 0) is 11.4 Å². The van der Waals surface area contributed by atoms with E-state index in [4.69, 9.17) is 4.74 Å². The Bertz CT molecular complexity index is 1010. The summed E-state index contributed by atoms with van der Waals surface area (Å²) in [7, 11) is 0. The third-order valence-electron chi connectivity index (χ3n) is 4.04. The van der Waals surface area contributed by atoms with Crippen LogP contribution >= 0.6 is 11.3 Å². The first-order valence-electron chi connectivity index (χ1n) is 8.75. The van der Waals surface area contributed by atoms with E-state index in [0.717, 1.165) is 16.3 Å². The molecule has 0 spiro atoms. The molecule has 0 aliphatic rings. The highest BCUT2D eigenvalue weighted by Gasteiger charge is 2.11. The van der Waals surface area contributed by atoms with Gasteiger partial charge >= 0.3 is 0 Å². The van der Waals surface area contributed by atoms with E-state index in [2.05, 4.69) is 15.6 Å². The molecule has 2 N–H and O–H groups in total. The molecule has 1 aromatic heterocycles. The number of hydrogen-bond acceptors (Lipinski definition) is 5. The van der Waals surface area contributed by atoms with Crippen molar-refractivity contribution in [3.8, 4) is 5.75 Å². The molecule has 0 aliphatic carbocycles. The second kappa shape index (κ2) is 8.67. The summed E-state index contributed by atoms with van der Waals surface area (Å²) in [5.74, 6) is 0.187. The van der Waals surface area contributed by atoms with Gasteiger partial charge in [0, 0.05) is 29.2 Å². The average molecular weight is 395 g/mol. The lowest BCUT2D eigenvalue weighted by Crippen LogP contribution is -2.14. The van der Waals surface area contributed by atoms with Crippen molar-refractivity contribution >= 4 is 34.5 Å². The van der Waals surface area contributed by atoms with Gasteiger partial charge in [-0.15, -0.1) is 11.3 Å². The number of aromatic nitrogens is 1. The van der Waals surface area contributed by atoms with Crippen LogP contribution in [0.15, 0.2) is 47.8 Å². The van der Waals surface area contributed by atoms with Gasteiger partial charge in [0.25, 0.3) is 5.91 Å². The Balaban J connectivity index is 1.70. The van der Waals surface area contributed by atoms with Crippen molar-refractivity contribution in [1.82, 2.24) is 4.98 Å². The van der Waals surface area contributed by atoms with E-state index in [0.29, 0.717) is 29.3 Å². The highest BCUT2D eigenvalue weighted by molar-refractivity contribution is 7.09. The molecule has 28 heavy (non-hydrogen) atoms. The maximum absolute atomic E-state index is 12.7. The predicted molar refractivity (Wildman–Crippen MR) is 111 cm³/mol. The van der Waals surface area contributed by atoms with Crippen molar-refractivity contribution in [3.05, 3.63) is 69.7 Å². The van der Waals surface area contributed by atoms with Crippen LogP contribution in [0.2, 0.25) is 0 Å². The Kier molecular flexibility index (Phi) is 6.06. The van der Waals surface area contributed by atoms with Crippen molar-refractivity contribution in [2.24, 2.45) is 0 Å². The molecule has 1 heterocycles. The quantitative estimate of drug-likeness (QED) is 0.642. The molecule has 144 valence electrons. The molecule has 0 atom stereocenters. The zero-order valence-corrected chi connectivity index (χ0v) is 16.7. The van der Waals surface area contributed by atoms with E-state index in [9.17, 15) is 9.59 Å². The Morgan fingerprint density at radius 3 is 2.46 bits per heavy atom. The fourth-order valence-electron chi connectivity index (χ4n) is 2.65. The van der Waals surface area contributed by atoms with Crippen molar-refractivity contribution in [2.45, 2.75) is 27.4 Å². The molecule has 0 bridgehead atoms. The molecule has 7 heteroatoms. The van der Waals surface area contributed by atoms with Gasteiger partial charge in [-0.2, -0.15) is 0 Å². The van der Waals surface area contributed by atoms with E-state index in [1.54, 1.807) is 53.8 Å². The number of anilines is 2. The lowest BCUT2D eigenvalue weighted by atomic mass is 10.1. The number of thiazole rings is 1. The van der Waals surface area contributed by atoms with Crippen LogP contribution in [-0.4, -0.2) is 16.8 Å². The minimum atomic E-state index is -0.252. The molecule has 0 radical (unpaired) electrons. The summed E-state index contributed by atoms with van der Waals surface area (Å²) in [6.07, 6.45) is 0. The highest BCUT2D eigenvalue weighted by atomic mass is 32.1. The van der Waals surface area contributed by atoms with Gasteiger partial charge in [-0.05, 0) is 49.7 Å². The van der Waals surface area contributed by atoms with Gasteiger partial charge in [0.1, 0.15) is 12.4 Å². The molecule has 0 aliphatic heterocycles. The minimum absolute atomic E-state index is 0.160. The summed E-state index contributed by atoms with van der Waals surface area (Å²) in [6, 6.07) is 12.4. The Labute approximate surface area is 167 Å². The first-order valence-corrected chi connectivity index (χ1v) is 9.63. The molecule has 2 amide bonds. The summed E-state index contributed by atoms with van der Waals surface area (Å²) in [5.41, 5.74) is 3.44. The maximum Gasteiger partial charge on any atom is 0.255 e. The van der Waals surface area contributed by atoms with Gasteiger partial charge in [0.2, 0.25) is 5.91 Å². The summed E-state index contributed by atoms with van der Waals surface area (Å²) in [5, 5.41) is 8.59. The molecule has 6 nitrogen and oxygen atoms in total. The number of rotatable bonds is 6. The molecule has 0 unspecified atom stereocenters. The van der Waals surface area contributed by atoms with Gasteiger partial charge in [-0.1, -0.05) is 12.1 Å². The average Bonchev–Trinajstić information content (AvgIpc) is 3.08. The molecular weight excluding hydrogens is 374 g/mol. The molecule has 3 aromatic rings. The SMILES string of the molecule is CC(=O)Nc1cccc(NC(=O)c2cccc(OCc3csc(C)n3)c2)c1C. The van der Waals surface area contributed by atoms with Crippen molar-refractivity contribution in [1.29, 1.82) is 0 Å². The van der Waals surface area contributed by atoms with Crippen molar-refractivity contribution < 1.29 is 14.3 Å². The Hall–Kier alpha value is -3.19. The van der Waals surface area contributed by atoms with Crippen LogP contribution in [0.1, 0.15) is 33.5 Å². The number of carbonyl (C=O) groups excluding carboxylic acids is 2. The van der Waals surface area contributed by atoms with Gasteiger partial charge in [0.15, 0.2) is 0 Å². The fraction of sp³-hybridized carbons (Fsp3) is 0.190. The lowest BCUT2D eigenvalue weighted by molar-refractivity contribution is -0.114. The van der Waals surface area contributed by atoms with Crippen molar-refractivity contribution in [3.63, 3.8) is 0 Å². The normalized spacial score (nSPS) is 10.4. The number of benzene rings is 2. The zero-order chi connectivity index (χ0) is 20.1. The number of ether oxygens (including phenoxy) is 1. The topological polar surface area (TPSA) is 80.3 Å². The number of aryl methyl sites for hydroxylation is 1. The minimum Gasteiger partial charge on any atom is -0.487 e. The second-order valence-electron chi connectivity index (χ2n) is 6.29. The number of carbonyl (C=O) groups is 2. The first-order chi connectivity index (χ1) is 13.4. The first kappa shape index (κ1) is 19.6. The number of hydrogen-bond donors (Lipinski definition) is 2. The smallest absolute Gasteiger partial charge is 0.255 e. The van der Waals surface area contributed by atoms with Gasteiger partial charge in [-0.3, -0.25) is 9.59 Å². The highest BCUT2D eigenvalue weighted by Crippen LogP contribution is 2.24. The van der Waals surface area contributed by atoms with E-state index in [-0.39, 0.29) is 11.8 Å². The van der Waals surface area contributed by atoms with Crippen LogP contribution in [0, 0.1) is 13.8 Å². The lowest BCUT2D eigenvalue weighted by Gasteiger charge is -2.13.